The number of hydrogen-bond acceptors (Lipinski definition) is 6. The fourth-order valence-corrected chi connectivity index (χ4v) is 4.99. The summed E-state index contributed by atoms with van der Waals surface area (Å²) in [5.41, 5.74) is -1.82. The number of halogens is 5. The van der Waals surface area contributed by atoms with Crippen molar-refractivity contribution in [3.8, 4) is 5.75 Å². The maximum absolute atomic E-state index is 14.7. The molecular weight excluding hydrogens is 525 g/mol. The Balaban J connectivity index is 1.78. The van der Waals surface area contributed by atoms with Crippen molar-refractivity contribution in [1.82, 2.24) is 19.7 Å². The number of carbonyl (C=O) groups is 1. The van der Waals surface area contributed by atoms with Crippen LogP contribution in [-0.4, -0.2) is 51.3 Å². The second kappa shape index (κ2) is 10.4. The molecule has 0 bridgehead atoms. The SMILES string of the molecule is C=NC(=O)c1cc(CCn2c(C)nnc2[C@H]2O[C@](C)(C(F)(F)F)[C@H](C)[C@@H]2c2ccc(F)c(F)c2OC)ccn1. The van der Waals surface area contributed by atoms with Gasteiger partial charge in [0.25, 0.3) is 5.91 Å². The molecule has 0 spiro atoms. The van der Waals surface area contributed by atoms with Crippen molar-refractivity contribution in [3.63, 3.8) is 0 Å². The zero-order valence-electron chi connectivity index (χ0n) is 21.6. The second-order valence-electron chi connectivity index (χ2n) is 9.46. The topological polar surface area (TPSA) is 91.5 Å². The minimum Gasteiger partial charge on any atom is -0.493 e. The highest BCUT2D eigenvalue weighted by atomic mass is 19.4. The van der Waals surface area contributed by atoms with Crippen LogP contribution >= 0.6 is 0 Å². The number of rotatable bonds is 7. The molecule has 0 unspecified atom stereocenters. The average molecular weight is 552 g/mol. The van der Waals surface area contributed by atoms with Crippen LogP contribution in [0.2, 0.25) is 0 Å². The Kier molecular flexibility index (Phi) is 7.57. The number of aliphatic imine (C=N–C) groups is 1. The van der Waals surface area contributed by atoms with Crippen LogP contribution in [0.25, 0.3) is 0 Å². The molecular formula is C26H26F5N5O3. The number of nitrogens with zero attached hydrogens (tertiary/aromatic N) is 5. The van der Waals surface area contributed by atoms with Crippen LogP contribution in [0.4, 0.5) is 22.0 Å². The Hall–Kier alpha value is -3.74. The summed E-state index contributed by atoms with van der Waals surface area (Å²) in [6.07, 6.45) is -4.34. The molecule has 8 nitrogen and oxygen atoms in total. The molecule has 208 valence electrons. The van der Waals surface area contributed by atoms with Gasteiger partial charge in [-0.15, -0.1) is 10.2 Å². The third kappa shape index (κ3) is 4.90. The largest absolute Gasteiger partial charge is 0.493 e. The van der Waals surface area contributed by atoms with E-state index in [2.05, 4.69) is 26.9 Å². The van der Waals surface area contributed by atoms with Crippen LogP contribution in [0.1, 0.15) is 59.1 Å². The number of pyridine rings is 1. The maximum Gasteiger partial charge on any atom is 0.417 e. The van der Waals surface area contributed by atoms with Crippen molar-refractivity contribution in [2.24, 2.45) is 10.9 Å². The minimum absolute atomic E-state index is 0.0169. The number of hydrogen-bond donors (Lipinski definition) is 0. The summed E-state index contributed by atoms with van der Waals surface area (Å²) >= 11 is 0. The van der Waals surface area contributed by atoms with Gasteiger partial charge in [-0.2, -0.15) is 17.6 Å². The quantitative estimate of drug-likeness (QED) is 0.298. The summed E-state index contributed by atoms with van der Waals surface area (Å²) in [5, 5.41) is 8.21. The van der Waals surface area contributed by atoms with Gasteiger partial charge in [0.1, 0.15) is 17.6 Å². The molecule has 1 aromatic carbocycles. The fraction of sp³-hybridized carbons (Fsp3) is 0.423. The molecule has 13 heteroatoms. The zero-order valence-corrected chi connectivity index (χ0v) is 21.6. The highest BCUT2D eigenvalue weighted by molar-refractivity contribution is 5.95. The van der Waals surface area contributed by atoms with Gasteiger partial charge in [0, 0.05) is 30.1 Å². The lowest BCUT2D eigenvalue weighted by Gasteiger charge is -2.32. The Bertz CT molecular complexity index is 1410. The van der Waals surface area contributed by atoms with Gasteiger partial charge in [0.15, 0.2) is 23.0 Å². The van der Waals surface area contributed by atoms with Gasteiger partial charge in [-0.1, -0.05) is 13.0 Å². The molecule has 0 N–H and O–H groups in total. The van der Waals surface area contributed by atoms with E-state index in [4.69, 9.17) is 9.47 Å². The predicted molar refractivity (Wildman–Crippen MR) is 130 cm³/mol. The number of alkyl halides is 3. The van der Waals surface area contributed by atoms with E-state index in [0.29, 0.717) is 17.8 Å². The fourth-order valence-electron chi connectivity index (χ4n) is 4.99. The molecule has 1 saturated heterocycles. The number of ether oxygens (including phenoxy) is 2. The molecule has 3 aromatic rings. The number of carbonyl (C=O) groups excluding carboxylic acids is 1. The molecule has 0 radical (unpaired) electrons. The van der Waals surface area contributed by atoms with Crippen LogP contribution in [0.5, 0.6) is 5.75 Å². The van der Waals surface area contributed by atoms with E-state index in [0.717, 1.165) is 20.1 Å². The first kappa shape index (κ1) is 28.3. The van der Waals surface area contributed by atoms with Crippen LogP contribution in [-0.2, 0) is 17.7 Å². The first-order valence-corrected chi connectivity index (χ1v) is 12.0. The number of benzene rings is 1. The minimum atomic E-state index is -4.79. The summed E-state index contributed by atoms with van der Waals surface area (Å²) in [6.45, 7) is 7.32. The smallest absolute Gasteiger partial charge is 0.417 e. The molecule has 1 amide bonds. The van der Waals surface area contributed by atoms with Gasteiger partial charge >= 0.3 is 6.18 Å². The first-order chi connectivity index (χ1) is 18.3. The van der Waals surface area contributed by atoms with Gasteiger partial charge in [-0.25, -0.2) is 9.38 Å². The summed E-state index contributed by atoms with van der Waals surface area (Å²) < 4.78 is 84.1. The number of methoxy groups -OCH3 is 1. The van der Waals surface area contributed by atoms with E-state index in [1.54, 1.807) is 23.6 Å². The summed E-state index contributed by atoms with van der Waals surface area (Å²) in [6, 6.07) is 5.27. The van der Waals surface area contributed by atoms with Crippen molar-refractivity contribution in [3.05, 3.63) is 70.6 Å². The molecule has 0 saturated carbocycles. The molecule has 3 heterocycles. The molecule has 1 fully saturated rings. The third-order valence-corrected chi connectivity index (χ3v) is 7.34. The van der Waals surface area contributed by atoms with Gasteiger partial charge < -0.3 is 14.0 Å². The van der Waals surface area contributed by atoms with E-state index in [-0.39, 0.29) is 23.6 Å². The summed E-state index contributed by atoms with van der Waals surface area (Å²) in [7, 11) is 1.11. The average Bonchev–Trinajstić information content (AvgIpc) is 3.40. The molecule has 4 atom stereocenters. The van der Waals surface area contributed by atoms with Crippen LogP contribution < -0.4 is 4.74 Å². The number of aromatic nitrogens is 4. The van der Waals surface area contributed by atoms with Crippen molar-refractivity contribution in [2.45, 2.75) is 57.5 Å². The van der Waals surface area contributed by atoms with E-state index in [1.807, 2.05) is 0 Å². The van der Waals surface area contributed by atoms with Crippen molar-refractivity contribution in [2.75, 3.05) is 7.11 Å². The van der Waals surface area contributed by atoms with Gasteiger partial charge in [0.05, 0.1) is 7.11 Å². The van der Waals surface area contributed by atoms with Crippen molar-refractivity contribution < 1.29 is 36.2 Å². The normalized spacial score (nSPS) is 23.2. The molecule has 1 aliphatic heterocycles. The van der Waals surface area contributed by atoms with Gasteiger partial charge in [-0.3, -0.25) is 9.78 Å². The zero-order chi connectivity index (χ0) is 28.7. The van der Waals surface area contributed by atoms with Crippen molar-refractivity contribution in [1.29, 1.82) is 0 Å². The standard InChI is InChI=1S/C26H26F5N5O3/c1-13-19(16-6-7-17(27)20(28)21(16)38-5)22(39-25(13,3)26(29,30)31)23-35-34-14(2)36(23)11-9-15-8-10-33-18(12-15)24(37)32-4/h6-8,10,12-13,19,22H,4,9,11H2,1-3,5H3/t13-,19-,22+,25+/m1/s1. The second-order valence-corrected chi connectivity index (χ2v) is 9.46. The van der Waals surface area contributed by atoms with Crippen molar-refractivity contribution >= 4 is 12.6 Å². The van der Waals surface area contributed by atoms with Crippen LogP contribution in [0, 0.1) is 24.5 Å². The number of aryl methyl sites for hydroxylation is 2. The monoisotopic (exact) mass is 551 g/mol. The van der Waals surface area contributed by atoms with Gasteiger partial charge in [0.2, 0.25) is 5.82 Å². The molecule has 0 aliphatic carbocycles. The Morgan fingerprint density at radius 1 is 1.26 bits per heavy atom. The Labute approximate surface area is 220 Å². The van der Waals surface area contributed by atoms with E-state index in [1.165, 1.54) is 19.2 Å². The summed E-state index contributed by atoms with van der Waals surface area (Å²) in [5.74, 6) is -5.48. The van der Waals surface area contributed by atoms with E-state index < -0.39 is 53.0 Å². The Morgan fingerprint density at radius 3 is 2.62 bits per heavy atom. The van der Waals surface area contributed by atoms with Crippen LogP contribution in [0.3, 0.4) is 0 Å². The molecule has 4 rings (SSSR count). The molecule has 39 heavy (non-hydrogen) atoms. The predicted octanol–water partition coefficient (Wildman–Crippen LogP) is 5.16. The Morgan fingerprint density at radius 2 is 1.97 bits per heavy atom. The van der Waals surface area contributed by atoms with Gasteiger partial charge in [-0.05, 0) is 50.7 Å². The maximum atomic E-state index is 14.7. The van der Waals surface area contributed by atoms with Crippen LogP contribution in [0.15, 0.2) is 35.5 Å². The summed E-state index contributed by atoms with van der Waals surface area (Å²) in [4.78, 5) is 19.1. The lowest BCUT2D eigenvalue weighted by molar-refractivity contribution is -0.275. The van der Waals surface area contributed by atoms with E-state index in [9.17, 15) is 26.7 Å². The molecule has 2 aromatic heterocycles. The van der Waals surface area contributed by atoms with E-state index >= 15 is 0 Å². The molecule has 1 aliphatic rings. The first-order valence-electron chi connectivity index (χ1n) is 12.0. The highest BCUT2D eigenvalue weighted by Crippen LogP contribution is 2.59. The lowest BCUT2D eigenvalue weighted by atomic mass is 9.77. The number of amides is 1. The highest BCUT2D eigenvalue weighted by Gasteiger charge is 2.65. The lowest BCUT2D eigenvalue weighted by Crippen LogP contribution is -2.46. The third-order valence-electron chi connectivity index (χ3n) is 7.34.